The van der Waals surface area contributed by atoms with Crippen molar-refractivity contribution in [3.63, 3.8) is 0 Å². The molecule has 0 radical (unpaired) electrons. The number of carbonyl (C=O) groups is 1. The Kier molecular flexibility index (Phi) is 4.92. The van der Waals surface area contributed by atoms with E-state index in [9.17, 15) is 9.18 Å². The van der Waals surface area contributed by atoms with Crippen molar-refractivity contribution in [1.82, 2.24) is 9.80 Å². The molecule has 0 atom stereocenters. The third-order valence-electron chi connectivity index (χ3n) is 3.60. The third-order valence-corrected chi connectivity index (χ3v) is 3.60. The minimum Gasteiger partial charge on any atom is -0.383 e. The highest BCUT2D eigenvalue weighted by atomic mass is 19.1. The summed E-state index contributed by atoms with van der Waals surface area (Å²) >= 11 is 0. The molecule has 0 saturated carbocycles. The first-order valence-electron chi connectivity index (χ1n) is 6.81. The van der Waals surface area contributed by atoms with Crippen molar-refractivity contribution < 1.29 is 9.18 Å². The predicted molar refractivity (Wildman–Crippen MR) is 77.3 cm³/mol. The van der Waals surface area contributed by atoms with Gasteiger partial charge in [-0.3, -0.25) is 9.69 Å². The van der Waals surface area contributed by atoms with E-state index in [1.807, 2.05) is 0 Å². The van der Waals surface area contributed by atoms with E-state index in [4.69, 9.17) is 5.73 Å². The monoisotopic (exact) mass is 280 g/mol. The summed E-state index contributed by atoms with van der Waals surface area (Å²) < 4.78 is 13.6. The molecule has 1 aromatic carbocycles. The van der Waals surface area contributed by atoms with Gasteiger partial charge in [0.25, 0.3) is 5.91 Å². The molecule has 2 rings (SSSR count). The van der Waals surface area contributed by atoms with Crippen LogP contribution >= 0.6 is 0 Å². The standard InChI is InChI=1S/C14H21FN4O/c1-18-7-9-19(10-8-18)6-5-17-12-4-2-3-11(15)13(12)14(16)20/h2-4,17H,5-10H2,1H3,(H2,16,20). The number of halogens is 1. The molecule has 1 aliphatic heterocycles. The Hall–Kier alpha value is -1.66. The summed E-state index contributed by atoms with van der Waals surface area (Å²) in [5, 5.41) is 3.10. The molecular weight excluding hydrogens is 259 g/mol. The largest absolute Gasteiger partial charge is 0.383 e. The average Bonchev–Trinajstić information content (AvgIpc) is 2.40. The van der Waals surface area contributed by atoms with Crippen LogP contribution in [0.3, 0.4) is 0 Å². The minimum atomic E-state index is -0.745. The van der Waals surface area contributed by atoms with Gasteiger partial charge in [-0.2, -0.15) is 0 Å². The second kappa shape index (κ2) is 6.67. The number of nitrogens with one attached hydrogen (secondary N) is 1. The van der Waals surface area contributed by atoms with Crippen LogP contribution in [0.4, 0.5) is 10.1 Å². The van der Waals surface area contributed by atoms with E-state index in [1.54, 1.807) is 12.1 Å². The zero-order valence-corrected chi connectivity index (χ0v) is 11.7. The van der Waals surface area contributed by atoms with Crippen LogP contribution in [-0.4, -0.2) is 62.0 Å². The Morgan fingerprint density at radius 3 is 2.70 bits per heavy atom. The van der Waals surface area contributed by atoms with Gasteiger partial charge < -0.3 is 16.0 Å². The lowest BCUT2D eigenvalue weighted by Gasteiger charge is -2.32. The number of amides is 1. The molecule has 1 aliphatic rings. The fourth-order valence-electron chi connectivity index (χ4n) is 2.34. The van der Waals surface area contributed by atoms with Gasteiger partial charge in [0.15, 0.2) is 0 Å². The fraction of sp³-hybridized carbons (Fsp3) is 0.500. The van der Waals surface area contributed by atoms with Crippen LogP contribution in [0.1, 0.15) is 10.4 Å². The number of nitrogens with zero attached hydrogens (tertiary/aromatic N) is 2. The molecule has 1 heterocycles. The fourth-order valence-corrected chi connectivity index (χ4v) is 2.34. The maximum absolute atomic E-state index is 13.6. The number of likely N-dealkylation sites (N-methyl/N-ethyl adjacent to an activating group) is 1. The quantitative estimate of drug-likeness (QED) is 0.828. The van der Waals surface area contributed by atoms with Crippen molar-refractivity contribution in [3.05, 3.63) is 29.6 Å². The van der Waals surface area contributed by atoms with Crippen LogP contribution in [0.15, 0.2) is 18.2 Å². The normalized spacial score (nSPS) is 17.1. The Morgan fingerprint density at radius 2 is 2.05 bits per heavy atom. The van der Waals surface area contributed by atoms with E-state index in [1.165, 1.54) is 6.07 Å². The van der Waals surface area contributed by atoms with Gasteiger partial charge in [-0.05, 0) is 19.2 Å². The SMILES string of the molecule is CN1CCN(CCNc2cccc(F)c2C(N)=O)CC1. The smallest absolute Gasteiger partial charge is 0.253 e. The summed E-state index contributed by atoms with van der Waals surface area (Å²) in [6, 6.07) is 4.48. The van der Waals surface area contributed by atoms with Crippen molar-refractivity contribution >= 4 is 11.6 Å². The van der Waals surface area contributed by atoms with Gasteiger partial charge >= 0.3 is 0 Å². The summed E-state index contributed by atoms with van der Waals surface area (Å²) in [7, 11) is 2.11. The van der Waals surface area contributed by atoms with Crippen molar-refractivity contribution in [2.75, 3.05) is 51.6 Å². The van der Waals surface area contributed by atoms with Gasteiger partial charge in [0, 0.05) is 45.0 Å². The molecule has 5 nitrogen and oxygen atoms in total. The van der Waals surface area contributed by atoms with Crippen LogP contribution in [0.2, 0.25) is 0 Å². The number of benzene rings is 1. The Morgan fingerprint density at radius 1 is 1.35 bits per heavy atom. The summed E-state index contributed by atoms with van der Waals surface area (Å²) in [6.07, 6.45) is 0. The molecule has 6 heteroatoms. The lowest BCUT2D eigenvalue weighted by Crippen LogP contribution is -2.45. The van der Waals surface area contributed by atoms with Gasteiger partial charge in [0.05, 0.1) is 5.56 Å². The molecule has 1 amide bonds. The van der Waals surface area contributed by atoms with Gasteiger partial charge in [-0.15, -0.1) is 0 Å². The predicted octanol–water partition coefficient (Wildman–Crippen LogP) is 0.584. The summed E-state index contributed by atoms with van der Waals surface area (Å²) in [5.41, 5.74) is 5.61. The van der Waals surface area contributed by atoms with E-state index in [0.717, 1.165) is 32.7 Å². The van der Waals surface area contributed by atoms with Crippen LogP contribution in [-0.2, 0) is 0 Å². The van der Waals surface area contributed by atoms with E-state index in [-0.39, 0.29) is 5.56 Å². The molecule has 110 valence electrons. The highest BCUT2D eigenvalue weighted by Crippen LogP contribution is 2.18. The zero-order valence-electron chi connectivity index (χ0n) is 11.7. The molecule has 1 saturated heterocycles. The molecule has 0 aromatic heterocycles. The van der Waals surface area contributed by atoms with Crippen molar-refractivity contribution in [2.45, 2.75) is 0 Å². The van der Waals surface area contributed by atoms with Gasteiger partial charge in [0.2, 0.25) is 0 Å². The van der Waals surface area contributed by atoms with Gasteiger partial charge in [-0.25, -0.2) is 4.39 Å². The maximum atomic E-state index is 13.6. The highest BCUT2D eigenvalue weighted by Gasteiger charge is 2.15. The molecule has 3 N–H and O–H groups in total. The summed E-state index contributed by atoms with van der Waals surface area (Å²) in [6.45, 7) is 5.71. The molecular formula is C14H21FN4O. The first-order chi connectivity index (χ1) is 9.58. The van der Waals surface area contributed by atoms with Crippen LogP contribution in [0, 0.1) is 5.82 Å². The van der Waals surface area contributed by atoms with Crippen molar-refractivity contribution in [2.24, 2.45) is 5.73 Å². The Bertz CT molecular complexity index is 472. The van der Waals surface area contributed by atoms with Crippen LogP contribution < -0.4 is 11.1 Å². The topological polar surface area (TPSA) is 61.6 Å². The zero-order chi connectivity index (χ0) is 14.5. The highest BCUT2D eigenvalue weighted by molar-refractivity contribution is 5.98. The molecule has 0 unspecified atom stereocenters. The van der Waals surface area contributed by atoms with Crippen LogP contribution in [0.25, 0.3) is 0 Å². The summed E-state index contributed by atoms with van der Waals surface area (Å²) in [4.78, 5) is 15.9. The Labute approximate surface area is 118 Å². The molecule has 1 fully saturated rings. The number of hydrogen-bond acceptors (Lipinski definition) is 4. The molecule has 20 heavy (non-hydrogen) atoms. The number of carbonyl (C=O) groups excluding carboxylic acids is 1. The molecule has 1 aromatic rings. The lowest BCUT2D eigenvalue weighted by atomic mass is 10.1. The second-order valence-electron chi connectivity index (χ2n) is 5.10. The number of anilines is 1. The molecule has 0 aliphatic carbocycles. The maximum Gasteiger partial charge on any atom is 0.253 e. The Balaban J connectivity index is 1.88. The second-order valence-corrected chi connectivity index (χ2v) is 5.10. The van der Waals surface area contributed by atoms with E-state index >= 15 is 0 Å². The molecule has 0 bridgehead atoms. The first-order valence-corrected chi connectivity index (χ1v) is 6.81. The third kappa shape index (κ3) is 3.68. The van der Waals surface area contributed by atoms with Gasteiger partial charge in [-0.1, -0.05) is 6.07 Å². The van der Waals surface area contributed by atoms with E-state index in [2.05, 4.69) is 22.2 Å². The van der Waals surface area contributed by atoms with Crippen molar-refractivity contribution in [1.29, 1.82) is 0 Å². The first kappa shape index (κ1) is 14.7. The number of rotatable bonds is 5. The lowest BCUT2D eigenvalue weighted by molar-refractivity contribution is 0.0997. The average molecular weight is 280 g/mol. The summed E-state index contributed by atoms with van der Waals surface area (Å²) in [5.74, 6) is -1.33. The van der Waals surface area contributed by atoms with Crippen molar-refractivity contribution in [3.8, 4) is 0 Å². The van der Waals surface area contributed by atoms with Gasteiger partial charge in [0.1, 0.15) is 5.82 Å². The van der Waals surface area contributed by atoms with E-state index < -0.39 is 11.7 Å². The number of piperazine rings is 1. The number of primary amides is 1. The number of hydrogen-bond donors (Lipinski definition) is 2. The molecule has 0 spiro atoms. The van der Waals surface area contributed by atoms with E-state index in [0.29, 0.717) is 12.2 Å². The van der Waals surface area contributed by atoms with Crippen LogP contribution in [0.5, 0.6) is 0 Å². The minimum absolute atomic E-state index is 0.0640. The number of nitrogens with two attached hydrogens (primary N) is 1.